The van der Waals surface area contributed by atoms with Gasteiger partial charge in [-0.3, -0.25) is 15.1 Å². The largest absolute Gasteiger partial charge is 0.398 e. The lowest BCUT2D eigenvalue weighted by molar-refractivity contribution is -0.384. The summed E-state index contributed by atoms with van der Waals surface area (Å²) in [4.78, 5) is 14.5. The summed E-state index contributed by atoms with van der Waals surface area (Å²) >= 11 is 0. The van der Waals surface area contributed by atoms with Crippen molar-refractivity contribution in [2.24, 2.45) is 0 Å². The lowest BCUT2D eigenvalue weighted by Gasteiger charge is -2.04. The van der Waals surface area contributed by atoms with Crippen LogP contribution in [0, 0.1) is 10.1 Å². The number of anilines is 1. The highest BCUT2D eigenvalue weighted by molar-refractivity contribution is 5.91. The Morgan fingerprint density at radius 3 is 2.81 bits per heavy atom. The average Bonchev–Trinajstić information content (AvgIpc) is 2.28. The lowest BCUT2D eigenvalue weighted by atomic mass is 10.1. The summed E-state index contributed by atoms with van der Waals surface area (Å²) in [5, 5.41) is 11.3. The molecule has 0 unspecified atom stereocenters. The van der Waals surface area contributed by atoms with Gasteiger partial charge in [0.05, 0.1) is 10.4 Å². The zero-order valence-electron chi connectivity index (χ0n) is 8.80. The van der Waals surface area contributed by atoms with Crippen LogP contribution in [0.5, 0.6) is 0 Å². The fraction of sp³-hybridized carbons (Fsp3) is 0.182. The predicted octanol–water partition coefficient (Wildman–Crippen LogP) is 2.29. The third-order valence-electron chi connectivity index (χ3n) is 2.45. The smallest absolute Gasteiger partial charge is 0.270 e. The van der Waals surface area contributed by atoms with Crippen molar-refractivity contribution in [3.63, 3.8) is 0 Å². The second-order valence-corrected chi connectivity index (χ2v) is 3.51. The molecule has 1 aromatic carbocycles. The molecule has 0 fully saturated rings. The lowest BCUT2D eigenvalue weighted by Crippen LogP contribution is -1.96. The van der Waals surface area contributed by atoms with Gasteiger partial charge < -0.3 is 5.73 Å². The Morgan fingerprint density at radius 1 is 1.44 bits per heavy atom. The van der Waals surface area contributed by atoms with Crippen LogP contribution < -0.4 is 5.73 Å². The molecule has 82 valence electrons. The molecule has 1 heterocycles. The van der Waals surface area contributed by atoms with Crippen molar-refractivity contribution in [2.75, 3.05) is 5.73 Å². The molecule has 2 aromatic rings. The fourth-order valence-corrected chi connectivity index (χ4v) is 1.59. The monoisotopic (exact) mass is 217 g/mol. The highest BCUT2D eigenvalue weighted by atomic mass is 16.6. The number of nitrogens with zero attached hydrogens (tertiary/aromatic N) is 2. The number of nitrogen functional groups attached to an aromatic ring is 1. The number of nitro benzene ring substituents is 1. The fourth-order valence-electron chi connectivity index (χ4n) is 1.59. The Morgan fingerprint density at radius 2 is 2.19 bits per heavy atom. The maximum Gasteiger partial charge on any atom is 0.270 e. The first-order valence-electron chi connectivity index (χ1n) is 4.95. The minimum absolute atomic E-state index is 0.0326. The maximum absolute atomic E-state index is 10.6. The van der Waals surface area contributed by atoms with E-state index in [2.05, 4.69) is 4.98 Å². The van der Waals surface area contributed by atoms with Gasteiger partial charge in [0.2, 0.25) is 0 Å². The quantitative estimate of drug-likeness (QED) is 0.618. The Balaban J connectivity index is 2.70. The Hall–Kier alpha value is -2.17. The number of benzene rings is 1. The minimum atomic E-state index is -0.438. The van der Waals surface area contributed by atoms with Crippen molar-refractivity contribution in [1.82, 2.24) is 4.98 Å². The van der Waals surface area contributed by atoms with Gasteiger partial charge in [-0.1, -0.05) is 6.92 Å². The van der Waals surface area contributed by atoms with Crippen LogP contribution in [0.4, 0.5) is 11.4 Å². The first-order valence-corrected chi connectivity index (χ1v) is 4.95. The molecule has 5 nitrogen and oxygen atoms in total. The Bertz CT molecular complexity index is 566. The number of aromatic nitrogens is 1. The van der Waals surface area contributed by atoms with E-state index in [9.17, 15) is 10.1 Å². The van der Waals surface area contributed by atoms with Crippen LogP contribution in [-0.2, 0) is 6.42 Å². The zero-order valence-corrected chi connectivity index (χ0v) is 8.80. The van der Waals surface area contributed by atoms with Crippen LogP contribution in [0.1, 0.15) is 12.6 Å². The van der Waals surface area contributed by atoms with Crippen molar-refractivity contribution < 1.29 is 4.92 Å². The second kappa shape index (κ2) is 3.77. The van der Waals surface area contributed by atoms with Gasteiger partial charge in [0.25, 0.3) is 5.69 Å². The molecule has 16 heavy (non-hydrogen) atoms. The molecule has 5 heteroatoms. The van der Waals surface area contributed by atoms with Crippen molar-refractivity contribution in [1.29, 1.82) is 0 Å². The summed E-state index contributed by atoms with van der Waals surface area (Å²) in [6.45, 7) is 1.99. The average molecular weight is 217 g/mol. The number of pyridine rings is 1. The normalized spacial score (nSPS) is 10.6. The van der Waals surface area contributed by atoms with Gasteiger partial charge in [0.15, 0.2) is 0 Å². The molecule has 0 spiro atoms. The van der Waals surface area contributed by atoms with E-state index in [1.165, 1.54) is 12.1 Å². The van der Waals surface area contributed by atoms with E-state index in [-0.39, 0.29) is 5.69 Å². The van der Waals surface area contributed by atoms with Gasteiger partial charge in [-0.25, -0.2) is 0 Å². The summed E-state index contributed by atoms with van der Waals surface area (Å²) in [6, 6.07) is 6.28. The van der Waals surface area contributed by atoms with Crippen molar-refractivity contribution >= 4 is 22.3 Å². The van der Waals surface area contributed by atoms with Crippen LogP contribution >= 0.6 is 0 Å². The molecule has 0 aliphatic carbocycles. The topological polar surface area (TPSA) is 82.0 Å². The molecule has 0 radical (unpaired) electrons. The van der Waals surface area contributed by atoms with Gasteiger partial charge >= 0.3 is 0 Å². The minimum Gasteiger partial charge on any atom is -0.398 e. The zero-order chi connectivity index (χ0) is 11.7. The summed E-state index contributed by atoms with van der Waals surface area (Å²) in [7, 11) is 0. The third-order valence-corrected chi connectivity index (χ3v) is 2.45. The molecular weight excluding hydrogens is 206 g/mol. The summed E-state index contributed by atoms with van der Waals surface area (Å²) in [5.74, 6) is 0. The Kier molecular flexibility index (Phi) is 2.44. The third kappa shape index (κ3) is 1.67. The number of rotatable bonds is 2. The van der Waals surface area contributed by atoms with Crippen molar-refractivity contribution in [3.8, 4) is 0 Å². The molecule has 0 aliphatic rings. The van der Waals surface area contributed by atoms with Gasteiger partial charge in [0, 0.05) is 28.9 Å². The number of nitro groups is 1. The number of aryl methyl sites for hydroxylation is 1. The van der Waals surface area contributed by atoms with Crippen LogP contribution in [0.2, 0.25) is 0 Å². The standard InChI is InChI=1S/C11H11N3O2/c1-2-7-5-10(12)9-6-8(14(15)16)3-4-11(9)13-7/h3-6H,2H2,1H3,(H2,12,13). The van der Waals surface area contributed by atoms with E-state index < -0.39 is 4.92 Å². The van der Waals surface area contributed by atoms with Gasteiger partial charge in [-0.15, -0.1) is 0 Å². The van der Waals surface area contributed by atoms with E-state index in [0.717, 1.165) is 12.1 Å². The molecule has 2 N–H and O–H groups in total. The van der Waals surface area contributed by atoms with Crippen molar-refractivity contribution in [2.45, 2.75) is 13.3 Å². The summed E-state index contributed by atoms with van der Waals surface area (Å²) < 4.78 is 0. The maximum atomic E-state index is 10.6. The van der Waals surface area contributed by atoms with Gasteiger partial charge in [-0.05, 0) is 18.6 Å². The Labute approximate surface area is 92.1 Å². The van der Waals surface area contributed by atoms with Crippen molar-refractivity contribution in [3.05, 3.63) is 40.1 Å². The van der Waals surface area contributed by atoms with E-state index in [1.807, 2.05) is 6.92 Å². The predicted molar refractivity (Wildman–Crippen MR) is 62.2 cm³/mol. The molecule has 0 saturated carbocycles. The van der Waals surface area contributed by atoms with Crippen LogP contribution in [0.3, 0.4) is 0 Å². The molecule has 2 rings (SSSR count). The van der Waals surface area contributed by atoms with E-state index in [4.69, 9.17) is 5.73 Å². The number of nitrogens with two attached hydrogens (primary N) is 1. The first kappa shape index (κ1) is 10.4. The number of hydrogen-bond donors (Lipinski definition) is 1. The van der Waals surface area contributed by atoms with Gasteiger partial charge in [0.1, 0.15) is 0 Å². The van der Waals surface area contributed by atoms with E-state index in [1.54, 1.807) is 12.1 Å². The molecular formula is C11H11N3O2. The van der Waals surface area contributed by atoms with Gasteiger partial charge in [-0.2, -0.15) is 0 Å². The SMILES string of the molecule is CCc1cc(N)c2cc([N+](=O)[O-])ccc2n1. The number of fused-ring (bicyclic) bond motifs is 1. The van der Waals surface area contributed by atoms with Crippen LogP contribution in [0.25, 0.3) is 10.9 Å². The van der Waals surface area contributed by atoms with Crippen LogP contribution in [-0.4, -0.2) is 9.91 Å². The van der Waals surface area contributed by atoms with E-state index in [0.29, 0.717) is 16.6 Å². The second-order valence-electron chi connectivity index (χ2n) is 3.51. The molecule has 0 atom stereocenters. The van der Waals surface area contributed by atoms with Crippen LogP contribution in [0.15, 0.2) is 24.3 Å². The molecule has 0 saturated heterocycles. The molecule has 0 aliphatic heterocycles. The molecule has 0 bridgehead atoms. The number of hydrogen-bond acceptors (Lipinski definition) is 4. The molecule has 1 aromatic heterocycles. The number of non-ortho nitro benzene ring substituents is 1. The first-order chi connectivity index (χ1) is 7.61. The van der Waals surface area contributed by atoms with E-state index >= 15 is 0 Å². The summed E-state index contributed by atoms with van der Waals surface area (Å²) in [5.41, 5.74) is 7.99. The summed E-state index contributed by atoms with van der Waals surface area (Å²) in [6.07, 6.45) is 0.789. The highest BCUT2D eigenvalue weighted by Gasteiger charge is 2.09. The molecule has 0 amide bonds. The highest BCUT2D eigenvalue weighted by Crippen LogP contribution is 2.25.